The first-order chi connectivity index (χ1) is 9.56. The summed E-state index contributed by atoms with van der Waals surface area (Å²) in [4.78, 5) is 11.4. The van der Waals surface area contributed by atoms with Crippen molar-refractivity contribution in [3.05, 3.63) is 22.2 Å². The number of benzene rings is 1. The van der Waals surface area contributed by atoms with Crippen molar-refractivity contribution in [2.75, 3.05) is 20.8 Å². The number of aliphatic hydroxyl groups excluding tert-OH is 1. The van der Waals surface area contributed by atoms with Gasteiger partial charge in [0.1, 0.15) is 0 Å². The molecule has 0 aliphatic heterocycles. The number of hydrogen-bond donors (Lipinski definition) is 1. The van der Waals surface area contributed by atoms with Gasteiger partial charge in [-0.25, -0.2) is 4.79 Å². The van der Waals surface area contributed by atoms with Crippen LogP contribution in [0.3, 0.4) is 0 Å². The van der Waals surface area contributed by atoms with Gasteiger partial charge in [-0.1, -0.05) is 15.9 Å². The van der Waals surface area contributed by atoms with E-state index in [0.29, 0.717) is 34.1 Å². The summed E-state index contributed by atoms with van der Waals surface area (Å²) in [5.41, 5.74) is 0.382. The lowest BCUT2D eigenvalue weighted by atomic mass is 10.1. The van der Waals surface area contributed by atoms with Crippen LogP contribution in [0.5, 0.6) is 11.5 Å². The summed E-state index contributed by atoms with van der Waals surface area (Å²) >= 11 is 3.33. The highest BCUT2D eigenvalue weighted by molar-refractivity contribution is 9.10. The van der Waals surface area contributed by atoms with Gasteiger partial charge in [-0.2, -0.15) is 0 Å². The molecular formula is C14H17BrO5. The van der Waals surface area contributed by atoms with Crippen LogP contribution >= 0.6 is 15.9 Å². The van der Waals surface area contributed by atoms with Crippen LogP contribution in [0, 0.1) is 5.92 Å². The summed E-state index contributed by atoms with van der Waals surface area (Å²) in [6, 6.07) is 3.27. The molecule has 0 heterocycles. The number of carbonyl (C=O) groups excluding carboxylic acids is 1. The Kier molecular flexibility index (Phi) is 4.88. The monoisotopic (exact) mass is 344 g/mol. The average molecular weight is 345 g/mol. The Morgan fingerprint density at radius 3 is 2.65 bits per heavy atom. The molecule has 1 atom stereocenters. The number of halogens is 1. The molecule has 110 valence electrons. The van der Waals surface area contributed by atoms with Crippen LogP contribution < -0.4 is 9.47 Å². The summed E-state index contributed by atoms with van der Waals surface area (Å²) in [5.74, 6) is 0.970. The lowest BCUT2D eigenvalue weighted by molar-refractivity contribution is -0.150. The first-order valence-corrected chi connectivity index (χ1v) is 7.12. The molecule has 1 unspecified atom stereocenters. The summed E-state index contributed by atoms with van der Waals surface area (Å²) in [5, 5.41) is 9.91. The van der Waals surface area contributed by atoms with E-state index in [1.54, 1.807) is 12.1 Å². The first-order valence-electron chi connectivity index (χ1n) is 6.33. The Hall–Kier alpha value is -1.27. The third kappa shape index (κ3) is 3.43. The van der Waals surface area contributed by atoms with Gasteiger partial charge in [0.05, 0.1) is 20.8 Å². The number of aliphatic hydroxyl groups is 1. The van der Waals surface area contributed by atoms with Crippen LogP contribution in [0.4, 0.5) is 0 Å². The Morgan fingerprint density at radius 2 is 2.10 bits per heavy atom. The van der Waals surface area contributed by atoms with Crippen molar-refractivity contribution in [3.8, 4) is 11.5 Å². The van der Waals surface area contributed by atoms with Gasteiger partial charge in [-0.3, -0.25) is 0 Å². The standard InChI is InChI=1S/C14H17BrO5/c1-18-11-5-9(13(16)14(17)19-2)10(15)6-12(11)20-7-8-3-4-8/h5-6,8,13,16H,3-4,7H2,1-2H3. The molecular weight excluding hydrogens is 328 g/mol. The molecule has 6 heteroatoms. The summed E-state index contributed by atoms with van der Waals surface area (Å²) in [6.45, 7) is 0.654. The maximum absolute atomic E-state index is 11.4. The smallest absolute Gasteiger partial charge is 0.339 e. The maximum atomic E-state index is 11.4. The van der Waals surface area contributed by atoms with Crippen molar-refractivity contribution in [3.63, 3.8) is 0 Å². The van der Waals surface area contributed by atoms with Crippen molar-refractivity contribution >= 4 is 21.9 Å². The minimum Gasteiger partial charge on any atom is -0.493 e. The van der Waals surface area contributed by atoms with Gasteiger partial charge in [0.15, 0.2) is 17.6 Å². The summed E-state index contributed by atoms with van der Waals surface area (Å²) in [7, 11) is 2.74. The number of esters is 1. The van der Waals surface area contributed by atoms with Crippen LogP contribution in [0.1, 0.15) is 24.5 Å². The predicted octanol–water partition coefficient (Wildman–Crippen LogP) is 2.45. The average Bonchev–Trinajstić information content (AvgIpc) is 3.27. The van der Waals surface area contributed by atoms with E-state index in [0.717, 1.165) is 0 Å². The van der Waals surface area contributed by atoms with Gasteiger partial charge < -0.3 is 19.3 Å². The number of hydrogen-bond acceptors (Lipinski definition) is 5. The molecule has 5 nitrogen and oxygen atoms in total. The van der Waals surface area contributed by atoms with E-state index in [1.165, 1.54) is 27.1 Å². The van der Waals surface area contributed by atoms with Crippen molar-refractivity contribution in [1.29, 1.82) is 0 Å². The molecule has 0 saturated heterocycles. The number of rotatable bonds is 6. The van der Waals surface area contributed by atoms with Gasteiger partial charge in [-0.15, -0.1) is 0 Å². The summed E-state index contributed by atoms with van der Waals surface area (Å²) in [6.07, 6.45) is 1.03. The maximum Gasteiger partial charge on any atom is 0.339 e. The van der Waals surface area contributed by atoms with Crippen LogP contribution in [-0.4, -0.2) is 31.9 Å². The molecule has 1 aliphatic rings. The fraction of sp³-hybridized carbons (Fsp3) is 0.500. The molecule has 1 aliphatic carbocycles. The molecule has 0 amide bonds. The Balaban J connectivity index is 2.23. The van der Waals surface area contributed by atoms with E-state index in [1.807, 2.05) is 0 Å². The SMILES string of the molecule is COC(=O)C(O)c1cc(OC)c(OCC2CC2)cc1Br. The number of methoxy groups -OCH3 is 2. The zero-order valence-corrected chi connectivity index (χ0v) is 13.0. The second-order valence-corrected chi connectivity index (χ2v) is 5.56. The minimum atomic E-state index is -1.36. The minimum absolute atomic E-state index is 0.382. The molecule has 0 radical (unpaired) electrons. The second-order valence-electron chi connectivity index (χ2n) is 4.70. The Morgan fingerprint density at radius 1 is 1.40 bits per heavy atom. The fourth-order valence-electron chi connectivity index (χ4n) is 1.76. The molecule has 0 bridgehead atoms. The van der Waals surface area contributed by atoms with E-state index >= 15 is 0 Å². The molecule has 2 rings (SSSR count). The largest absolute Gasteiger partial charge is 0.493 e. The van der Waals surface area contributed by atoms with Gasteiger partial charge in [0.2, 0.25) is 0 Å². The predicted molar refractivity (Wildman–Crippen MR) is 75.9 cm³/mol. The van der Waals surface area contributed by atoms with Crippen LogP contribution in [-0.2, 0) is 9.53 Å². The zero-order chi connectivity index (χ0) is 14.7. The van der Waals surface area contributed by atoms with E-state index in [9.17, 15) is 9.90 Å². The quantitative estimate of drug-likeness (QED) is 0.803. The van der Waals surface area contributed by atoms with E-state index in [-0.39, 0.29) is 0 Å². The lowest BCUT2D eigenvalue weighted by Crippen LogP contribution is -2.14. The van der Waals surface area contributed by atoms with Gasteiger partial charge >= 0.3 is 5.97 Å². The highest BCUT2D eigenvalue weighted by atomic mass is 79.9. The molecule has 1 saturated carbocycles. The van der Waals surface area contributed by atoms with Gasteiger partial charge in [0.25, 0.3) is 0 Å². The number of carbonyl (C=O) groups is 1. The lowest BCUT2D eigenvalue weighted by Gasteiger charge is -2.16. The fourth-order valence-corrected chi connectivity index (χ4v) is 2.30. The first kappa shape index (κ1) is 15.1. The third-order valence-electron chi connectivity index (χ3n) is 3.17. The molecule has 0 aromatic heterocycles. The van der Waals surface area contributed by atoms with Gasteiger partial charge in [-0.05, 0) is 30.9 Å². The normalized spacial score (nSPS) is 15.6. The van der Waals surface area contributed by atoms with Crippen molar-refractivity contribution in [2.45, 2.75) is 18.9 Å². The molecule has 1 fully saturated rings. The molecule has 1 aromatic rings. The van der Waals surface area contributed by atoms with Crippen LogP contribution in [0.2, 0.25) is 0 Å². The highest BCUT2D eigenvalue weighted by Crippen LogP contribution is 2.38. The molecule has 20 heavy (non-hydrogen) atoms. The van der Waals surface area contributed by atoms with Crippen molar-refractivity contribution < 1.29 is 24.1 Å². The third-order valence-corrected chi connectivity index (χ3v) is 3.86. The van der Waals surface area contributed by atoms with Crippen molar-refractivity contribution in [2.24, 2.45) is 5.92 Å². The summed E-state index contributed by atoms with van der Waals surface area (Å²) < 4.78 is 16.1. The van der Waals surface area contributed by atoms with Gasteiger partial charge in [0, 0.05) is 10.0 Å². The molecule has 1 N–H and O–H groups in total. The molecule has 1 aromatic carbocycles. The van der Waals surface area contributed by atoms with E-state index in [4.69, 9.17) is 9.47 Å². The topological polar surface area (TPSA) is 65.0 Å². The van der Waals surface area contributed by atoms with E-state index in [2.05, 4.69) is 20.7 Å². The number of ether oxygens (including phenoxy) is 3. The Bertz CT molecular complexity index is 499. The zero-order valence-electron chi connectivity index (χ0n) is 11.4. The Labute approximate surface area is 126 Å². The van der Waals surface area contributed by atoms with E-state index < -0.39 is 12.1 Å². The second kappa shape index (κ2) is 6.45. The van der Waals surface area contributed by atoms with Crippen LogP contribution in [0.25, 0.3) is 0 Å². The highest BCUT2D eigenvalue weighted by Gasteiger charge is 2.25. The van der Waals surface area contributed by atoms with Crippen LogP contribution in [0.15, 0.2) is 16.6 Å². The van der Waals surface area contributed by atoms with Crippen molar-refractivity contribution in [1.82, 2.24) is 0 Å². The molecule has 0 spiro atoms.